The molecule has 0 unspecified atom stereocenters. The second-order valence-electron chi connectivity index (χ2n) is 4.94. The van der Waals surface area contributed by atoms with Gasteiger partial charge in [0.15, 0.2) is 0 Å². The molecule has 1 aromatic carbocycles. The number of nitrogens with one attached hydrogen (secondary N) is 1. The lowest BCUT2D eigenvalue weighted by Gasteiger charge is -2.10. The van der Waals surface area contributed by atoms with Crippen LogP contribution in [0.25, 0.3) is 6.08 Å². The molecule has 4 nitrogen and oxygen atoms in total. The summed E-state index contributed by atoms with van der Waals surface area (Å²) in [4.78, 5) is 22.6. The molecule has 1 aliphatic rings. The van der Waals surface area contributed by atoms with Crippen molar-refractivity contribution in [1.29, 1.82) is 0 Å². The third-order valence-corrected chi connectivity index (χ3v) is 3.68. The molecule has 0 heterocycles. The number of hydrogen-bond acceptors (Lipinski definition) is 2. The number of halogens is 1. The summed E-state index contributed by atoms with van der Waals surface area (Å²) in [6, 6.07) is 7.12. The van der Waals surface area contributed by atoms with Gasteiger partial charge in [0.25, 0.3) is 0 Å². The van der Waals surface area contributed by atoms with E-state index < -0.39 is 5.97 Å². The molecule has 0 spiro atoms. The van der Waals surface area contributed by atoms with Crippen LogP contribution in [0.15, 0.2) is 30.3 Å². The molecule has 1 amide bonds. The zero-order chi connectivity index (χ0) is 14.5. The second-order valence-corrected chi connectivity index (χ2v) is 5.38. The van der Waals surface area contributed by atoms with Gasteiger partial charge in [0, 0.05) is 17.1 Å². The Kier molecular flexibility index (Phi) is 4.79. The fourth-order valence-corrected chi connectivity index (χ4v) is 2.46. The highest BCUT2D eigenvalue weighted by molar-refractivity contribution is 6.30. The fraction of sp³-hybridized carbons (Fsp3) is 0.333. The molecule has 0 saturated heterocycles. The summed E-state index contributed by atoms with van der Waals surface area (Å²) < 4.78 is 0. The van der Waals surface area contributed by atoms with Crippen LogP contribution < -0.4 is 5.32 Å². The number of carbonyl (C=O) groups is 2. The SMILES string of the molecule is O=C(/C=C/c1ccc(Cl)cc1)N[C@H]1CC[C@@H](C(=O)O)C1. The Hall–Kier alpha value is -1.81. The third kappa shape index (κ3) is 4.10. The smallest absolute Gasteiger partial charge is 0.306 e. The average molecular weight is 294 g/mol. The molecule has 106 valence electrons. The largest absolute Gasteiger partial charge is 0.481 e. The Morgan fingerprint density at radius 1 is 1.25 bits per heavy atom. The topological polar surface area (TPSA) is 66.4 Å². The Morgan fingerprint density at radius 3 is 2.55 bits per heavy atom. The predicted octanol–water partition coefficient (Wildman–Crippen LogP) is 2.72. The van der Waals surface area contributed by atoms with E-state index in [1.54, 1.807) is 18.2 Å². The number of amides is 1. The van der Waals surface area contributed by atoms with E-state index in [1.165, 1.54) is 6.08 Å². The van der Waals surface area contributed by atoms with Gasteiger partial charge in [-0.05, 0) is 43.0 Å². The van der Waals surface area contributed by atoms with Crippen molar-refractivity contribution in [3.8, 4) is 0 Å². The fourth-order valence-electron chi connectivity index (χ4n) is 2.33. The highest BCUT2D eigenvalue weighted by Gasteiger charge is 2.30. The first-order valence-corrected chi connectivity index (χ1v) is 6.89. The standard InChI is InChI=1S/C15H16ClNO3/c16-12-5-1-10(2-6-12)3-8-14(18)17-13-7-4-11(9-13)15(19)20/h1-3,5-6,8,11,13H,4,7,9H2,(H,17,18)(H,19,20)/b8-3+/t11-,13+/m1/s1. The molecule has 5 heteroatoms. The van der Waals surface area contributed by atoms with Crippen LogP contribution in [0.1, 0.15) is 24.8 Å². The minimum Gasteiger partial charge on any atom is -0.481 e. The van der Waals surface area contributed by atoms with E-state index in [0.717, 1.165) is 12.0 Å². The van der Waals surface area contributed by atoms with Crippen molar-refractivity contribution in [2.45, 2.75) is 25.3 Å². The molecule has 0 aliphatic heterocycles. The van der Waals surface area contributed by atoms with E-state index >= 15 is 0 Å². The van der Waals surface area contributed by atoms with E-state index in [-0.39, 0.29) is 17.9 Å². The monoisotopic (exact) mass is 293 g/mol. The van der Waals surface area contributed by atoms with E-state index in [2.05, 4.69) is 5.32 Å². The second kappa shape index (κ2) is 6.57. The molecule has 1 aliphatic carbocycles. The number of hydrogen-bond donors (Lipinski definition) is 2. The van der Waals surface area contributed by atoms with Gasteiger partial charge in [-0.15, -0.1) is 0 Å². The summed E-state index contributed by atoms with van der Waals surface area (Å²) in [6.45, 7) is 0. The summed E-state index contributed by atoms with van der Waals surface area (Å²) in [5.41, 5.74) is 0.888. The molecule has 2 rings (SSSR count). The maximum absolute atomic E-state index is 11.7. The molecule has 1 fully saturated rings. The van der Waals surface area contributed by atoms with Gasteiger partial charge >= 0.3 is 5.97 Å². The zero-order valence-electron chi connectivity index (χ0n) is 10.9. The molecule has 1 aromatic rings. The molecule has 0 radical (unpaired) electrons. The highest BCUT2D eigenvalue weighted by atomic mass is 35.5. The number of carbonyl (C=O) groups excluding carboxylic acids is 1. The minimum atomic E-state index is -0.779. The lowest BCUT2D eigenvalue weighted by molar-refractivity contribution is -0.141. The van der Waals surface area contributed by atoms with Crippen molar-refractivity contribution in [3.63, 3.8) is 0 Å². The normalized spacial score (nSPS) is 22.1. The van der Waals surface area contributed by atoms with Crippen molar-refractivity contribution >= 4 is 29.6 Å². The quantitative estimate of drug-likeness (QED) is 0.839. The number of rotatable bonds is 4. The number of carboxylic acid groups (broad SMARTS) is 1. The molecule has 2 N–H and O–H groups in total. The van der Waals surface area contributed by atoms with Crippen molar-refractivity contribution in [1.82, 2.24) is 5.32 Å². The first-order valence-electron chi connectivity index (χ1n) is 6.51. The first kappa shape index (κ1) is 14.6. The van der Waals surface area contributed by atoms with Gasteiger partial charge < -0.3 is 10.4 Å². The van der Waals surface area contributed by atoms with Crippen LogP contribution >= 0.6 is 11.6 Å². The van der Waals surface area contributed by atoms with Crippen molar-refractivity contribution in [2.75, 3.05) is 0 Å². The molecular formula is C15H16ClNO3. The lowest BCUT2D eigenvalue weighted by atomic mass is 10.1. The van der Waals surface area contributed by atoms with Crippen molar-refractivity contribution in [3.05, 3.63) is 40.9 Å². The third-order valence-electron chi connectivity index (χ3n) is 3.43. The summed E-state index contributed by atoms with van der Waals surface area (Å²) >= 11 is 5.78. The van der Waals surface area contributed by atoms with E-state index in [9.17, 15) is 9.59 Å². The zero-order valence-corrected chi connectivity index (χ0v) is 11.6. The van der Waals surface area contributed by atoms with Gasteiger partial charge in [0.1, 0.15) is 0 Å². The lowest BCUT2D eigenvalue weighted by Crippen LogP contribution is -2.31. The van der Waals surface area contributed by atoms with Crippen LogP contribution in [-0.2, 0) is 9.59 Å². The average Bonchev–Trinajstić information content (AvgIpc) is 2.87. The predicted molar refractivity (Wildman–Crippen MR) is 77.4 cm³/mol. The van der Waals surface area contributed by atoms with E-state index in [4.69, 9.17) is 16.7 Å². The Balaban J connectivity index is 1.84. The van der Waals surface area contributed by atoms with Crippen LogP contribution in [0.2, 0.25) is 5.02 Å². The minimum absolute atomic E-state index is 0.0431. The van der Waals surface area contributed by atoms with Crippen LogP contribution in [-0.4, -0.2) is 23.0 Å². The van der Waals surface area contributed by atoms with Crippen molar-refractivity contribution in [2.24, 2.45) is 5.92 Å². The van der Waals surface area contributed by atoms with Gasteiger partial charge in [0.2, 0.25) is 5.91 Å². The molecule has 20 heavy (non-hydrogen) atoms. The molecular weight excluding hydrogens is 278 g/mol. The van der Waals surface area contributed by atoms with Gasteiger partial charge in [-0.2, -0.15) is 0 Å². The maximum Gasteiger partial charge on any atom is 0.306 e. The molecule has 0 aromatic heterocycles. The Bertz CT molecular complexity index is 524. The van der Waals surface area contributed by atoms with Crippen LogP contribution in [0.4, 0.5) is 0 Å². The first-order chi connectivity index (χ1) is 9.54. The maximum atomic E-state index is 11.7. The summed E-state index contributed by atoms with van der Waals surface area (Å²) in [6.07, 6.45) is 5.02. The number of aliphatic carboxylic acids is 1. The van der Waals surface area contributed by atoms with Crippen LogP contribution in [0.5, 0.6) is 0 Å². The van der Waals surface area contributed by atoms with E-state index in [1.807, 2.05) is 12.1 Å². The summed E-state index contributed by atoms with van der Waals surface area (Å²) in [5.74, 6) is -1.31. The summed E-state index contributed by atoms with van der Waals surface area (Å²) in [7, 11) is 0. The van der Waals surface area contributed by atoms with E-state index in [0.29, 0.717) is 17.9 Å². The number of benzene rings is 1. The van der Waals surface area contributed by atoms with Gasteiger partial charge in [-0.25, -0.2) is 0 Å². The van der Waals surface area contributed by atoms with Crippen LogP contribution in [0, 0.1) is 5.92 Å². The highest BCUT2D eigenvalue weighted by Crippen LogP contribution is 2.25. The Labute approximate surface area is 122 Å². The number of carboxylic acids is 1. The van der Waals surface area contributed by atoms with Gasteiger partial charge in [-0.3, -0.25) is 9.59 Å². The molecule has 1 saturated carbocycles. The van der Waals surface area contributed by atoms with Crippen molar-refractivity contribution < 1.29 is 14.7 Å². The van der Waals surface area contributed by atoms with Gasteiger partial charge in [-0.1, -0.05) is 23.7 Å². The molecule has 2 atom stereocenters. The summed E-state index contributed by atoms with van der Waals surface area (Å²) in [5, 5.41) is 12.4. The van der Waals surface area contributed by atoms with Gasteiger partial charge in [0.05, 0.1) is 5.92 Å². The van der Waals surface area contributed by atoms with Crippen LogP contribution in [0.3, 0.4) is 0 Å². The Morgan fingerprint density at radius 2 is 1.95 bits per heavy atom. The molecule has 0 bridgehead atoms.